The standard InChI is InChI=1S/C24H17FO4/c25-21-9-7-8-19(16-21)10-13-24(26)29-18-20-11-12-22-17-23(20)28-15-6-4-2-1-3-5-14-27-22/h1-2,7-13,16-17H,14-15,18H2/b2-1-,13-10+. The number of halogens is 1. The fourth-order valence-electron chi connectivity index (χ4n) is 2.37. The molecule has 0 unspecified atom stereocenters. The number of carbonyl (C=O) groups is 1. The SMILES string of the molecule is O=C(/C=C/c1cccc(F)c1)OCc1ccc2cc1OCC#C/C=C\C#CCO2. The number of esters is 1. The Morgan fingerprint density at radius 1 is 1.07 bits per heavy atom. The van der Waals surface area contributed by atoms with Gasteiger partial charge in [0, 0.05) is 17.7 Å². The molecule has 0 aliphatic carbocycles. The third kappa shape index (κ3) is 6.61. The van der Waals surface area contributed by atoms with Gasteiger partial charge in [0.1, 0.15) is 37.1 Å². The summed E-state index contributed by atoms with van der Waals surface area (Å²) in [4.78, 5) is 12.0. The molecule has 1 heterocycles. The molecule has 0 fully saturated rings. The Labute approximate surface area is 168 Å². The Hall–Kier alpha value is -3.96. The second-order valence-corrected chi connectivity index (χ2v) is 5.82. The first-order valence-corrected chi connectivity index (χ1v) is 8.81. The lowest BCUT2D eigenvalue weighted by Gasteiger charge is -2.12. The van der Waals surface area contributed by atoms with Crippen molar-refractivity contribution in [3.63, 3.8) is 0 Å². The van der Waals surface area contributed by atoms with E-state index in [1.54, 1.807) is 42.5 Å². The highest BCUT2D eigenvalue weighted by molar-refractivity contribution is 5.87. The van der Waals surface area contributed by atoms with E-state index in [-0.39, 0.29) is 25.6 Å². The Morgan fingerprint density at radius 2 is 1.86 bits per heavy atom. The molecule has 2 bridgehead atoms. The van der Waals surface area contributed by atoms with Crippen LogP contribution in [0.25, 0.3) is 6.08 Å². The van der Waals surface area contributed by atoms with E-state index in [1.807, 2.05) is 0 Å². The number of hydrogen-bond acceptors (Lipinski definition) is 4. The summed E-state index contributed by atoms with van der Waals surface area (Å²) in [5, 5.41) is 0. The van der Waals surface area contributed by atoms with Gasteiger partial charge < -0.3 is 14.2 Å². The predicted octanol–water partition coefficient (Wildman–Crippen LogP) is 3.92. The minimum Gasteiger partial charge on any atom is -0.481 e. The van der Waals surface area contributed by atoms with Gasteiger partial charge >= 0.3 is 5.97 Å². The van der Waals surface area contributed by atoms with Crippen LogP contribution in [0, 0.1) is 29.5 Å². The van der Waals surface area contributed by atoms with Crippen LogP contribution in [0.2, 0.25) is 0 Å². The van der Waals surface area contributed by atoms with Gasteiger partial charge in [-0.15, -0.1) is 0 Å². The van der Waals surface area contributed by atoms with E-state index in [1.165, 1.54) is 24.3 Å². The summed E-state index contributed by atoms with van der Waals surface area (Å²) in [7, 11) is 0. The molecule has 0 aromatic heterocycles. The molecule has 0 saturated heterocycles. The van der Waals surface area contributed by atoms with Crippen molar-refractivity contribution in [2.45, 2.75) is 6.61 Å². The normalized spacial score (nSPS) is 13.7. The maximum Gasteiger partial charge on any atom is 0.331 e. The molecule has 1 aliphatic rings. The summed E-state index contributed by atoms with van der Waals surface area (Å²) in [6, 6.07) is 11.1. The van der Waals surface area contributed by atoms with Crippen molar-refractivity contribution < 1.29 is 23.4 Å². The van der Waals surface area contributed by atoms with E-state index < -0.39 is 5.97 Å². The smallest absolute Gasteiger partial charge is 0.331 e. The molecule has 0 radical (unpaired) electrons. The zero-order chi connectivity index (χ0) is 20.3. The third-order valence-electron chi connectivity index (χ3n) is 3.73. The molecular weight excluding hydrogens is 371 g/mol. The average molecular weight is 388 g/mol. The Bertz CT molecular complexity index is 1060. The molecule has 2 aromatic carbocycles. The summed E-state index contributed by atoms with van der Waals surface area (Å²) < 4.78 is 29.7. The monoisotopic (exact) mass is 388 g/mol. The van der Waals surface area contributed by atoms with Crippen molar-refractivity contribution in [2.75, 3.05) is 13.2 Å². The maximum atomic E-state index is 13.2. The van der Waals surface area contributed by atoms with Gasteiger partial charge in [0.2, 0.25) is 0 Å². The highest BCUT2D eigenvalue weighted by Gasteiger charge is 2.09. The number of rotatable bonds is 4. The highest BCUT2D eigenvalue weighted by Crippen LogP contribution is 2.26. The Morgan fingerprint density at radius 3 is 2.66 bits per heavy atom. The maximum absolute atomic E-state index is 13.2. The van der Waals surface area contributed by atoms with Crippen LogP contribution < -0.4 is 9.47 Å². The molecule has 3 rings (SSSR count). The molecule has 4 nitrogen and oxygen atoms in total. The Kier molecular flexibility index (Phi) is 7.09. The van der Waals surface area contributed by atoms with E-state index in [2.05, 4.69) is 23.7 Å². The molecule has 0 saturated carbocycles. The van der Waals surface area contributed by atoms with Crippen LogP contribution in [0.15, 0.2) is 60.7 Å². The zero-order valence-electron chi connectivity index (χ0n) is 15.5. The number of benzene rings is 2. The van der Waals surface area contributed by atoms with E-state index in [4.69, 9.17) is 14.2 Å². The zero-order valence-corrected chi connectivity index (χ0v) is 15.5. The second kappa shape index (κ2) is 10.4. The van der Waals surface area contributed by atoms with Crippen LogP contribution in [-0.2, 0) is 16.1 Å². The van der Waals surface area contributed by atoms with Crippen LogP contribution >= 0.6 is 0 Å². The number of carbonyl (C=O) groups excluding carboxylic acids is 1. The van der Waals surface area contributed by atoms with Gasteiger partial charge in [-0.1, -0.05) is 35.8 Å². The van der Waals surface area contributed by atoms with Gasteiger partial charge in [0.05, 0.1) is 0 Å². The molecule has 29 heavy (non-hydrogen) atoms. The fourth-order valence-corrected chi connectivity index (χ4v) is 2.37. The lowest BCUT2D eigenvalue weighted by atomic mass is 10.2. The van der Waals surface area contributed by atoms with Gasteiger partial charge in [0.15, 0.2) is 0 Å². The molecule has 144 valence electrons. The summed E-state index contributed by atoms with van der Waals surface area (Å²) >= 11 is 0. The van der Waals surface area contributed by atoms with Crippen LogP contribution in [0.1, 0.15) is 11.1 Å². The van der Waals surface area contributed by atoms with Crippen molar-refractivity contribution in [2.24, 2.45) is 0 Å². The minimum atomic E-state index is -0.549. The fraction of sp³-hybridized carbons (Fsp3) is 0.125. The molecule has 0 amide bonds. The number of fused-ring (bicyclic) bond motifs is 2. The summed E-state index contributed by atoms with van der Waals surface area (Å²) in [6.45, 7) is 0.410. The van der Waals surface area contributed by atoms with Crippen LogP contribution in [0.3, 0.4) is 0 Å². The largest absolute Gasteiger partial charge is 0.481 e. The van der Waals surface area contributed by atoms with Gasteiger partial charge in [-0.3, -0.25) is 0 Å². The van der Waals surface area contributed by atoms with Gasteiger partial charge in [-0.05, 0) is 48.1 Å². The predicted molar refractivity (Wildman–Crippen MR) is 107 cm³/mol. The topological polar surface area (TPSA) is 44.8 Å². The van der Waals surface area contributed by atoms with Crippen LogP contribution in [0.4, 0.5) is 4.39 Å². The van der Waals surface area contributed by atoms with Crippen molar-refractivity contribution in [3.05, 3.63) is 77.6 Å². The molecular formula is C24H17FO4. The summed E-state index contributed by atoms with van der Waals surface area (Å²) in [5.74, 6) is 11.5. The van der Waals surface area contributed by atoms with Crippen molar-refractivity contribution in [1.29, 1.82) is 0 Å². The van der Waals surface area contributed by atoms with E-state index in [9.17, 15) is 9.18 Å². The lowest BCUT2D eigenvalue weighted by Crippen LogP contribution is -2.04. The first-order chi connectivity index (χ1) is 14.2. The lowest BCUT2D eigenvalue weighted by molar-refractivity contribution is -0.138. The minimum absolute atomic E-state index is 0.00900. The number of hydrogen-bond donors (Lipinski definition) is 0. The van der Waals surface area contributed by atoms with Crippen molar-refractivity contribution in [3.8, 4) is 35.2 Å². The van der Waals surface area contributed by atoms with E-state index in [0.717, 1.165) is 0 Å². The van der Waals surface area contributed by atoms with Gasteiger partial charge in [-0.25, -0.2) is 9.18 Å². The molecule has 0 N–H and O–H groups in total. The quantitative estimate of drug-likeness (QED) is 0.453. The van der Waals surface area contributed by atoms with Gasteiger partial charge in [0.25, 0.3) is 0 Å². The average Bonchev–Trinajstić information content (AvgIpc) is 2.74. The molecule has 0 atom stereocenters. The van der Waals surface area contributed by atoms with Crippen LogP contribution in [-0.4, -0.2) is 19.2 Å². The second-order valence-electron chi connectivity index (χ2n) is 5.82. The van der Waals surface area contributed by atoms with Crippen molar-refractivity contribution >= 4 is 12.0 Å². The third-order valence-corrected chi connectivity index (χ3v) is 3.73. The van der Waals surface area contributed by atoms with Crippen molar-refractivity contribution in [1.82, 2.24) is 0 Å². The highest BCUT2D eigenvalue weighted by atomic mass is 19.1. The first-order valence-electron chi connectivity index (χ1n) is 8.81. The Balaban J connectivity index is 1.66. The summed E-state index contributed by atoms with van der Waals surface area (Å²) in [5.41, 5.74) is 1.24. The first kappa shape index (κ1) is 19.8. The number of allylic oxidation sites excluding steroid dienone is 2. The number of ether oxygens (including phenoxy) is 3. The van der Waals surface area contributed by atoms with E-state index in [0.29, 0.717) is 22.6 Å². The molecule has 1 aliphatic heterocycles. The molecule has 5 heteroatoms. The molecule has 2 aromatic rings. The van der Waals surface area contributed by atoms with E-state index >= 15 is 0 Å². The van der Waals surface area contributed by atoms with Gasteiger partial charge in [-0.2, -0.15) is 0 Å². The van der Waals surface area contributed by atoms with Crippen LogP contribution in [0.5, 0.6) is 11.5 Å². The molecule has 0 spiro atoms. The summed E-state index contributed by atoms with van der Waals surface area (Å²) in [6.07, 6.45) is 6.02.